The van der Waals surface area contributed by atoms with Crippen molar-refractivity contribution in [1.29, 1.82) is 0 Å². The lowest BCUT2D eigenvalue weighted by Crippen LogP contribution is -2.50. The van der Waals surface area contributed by atoms with Gasteiger partial charge in [0.1, 0.15) is 0 Å². The minimum atomic E-state index is 0.547. The molecule has 0 saturated heterocycles. The summed E-state index contributed by atoms with van der Waals surface area (Å²) in [5, 5.41) is 0. The highest BCUT2D eigenvalue weighted by Gasteiger charge is 2.58. The Labute approximate surface area is 157 Å². The number of hydrogen-bond donors (Lipinski definition) is 0. The van der Waals surface area contributed by atoms with Gasteiger partial charge in [0.15, 0.2) is 0 Å². The molecule has 0 aromatic heterocycles. The monoisotopic (exact) mass is 342 g/mol. The first-order chi connectivity index (χ1) is 11.8. The second-order valence-corrected chi connectivity index (χ2v) is 11.5. The zero-order valence-electron chi connectivity index (χ0n) is 17.8. The summed E-state index contributed by atoms with van der Waals surface area (Å²) < 4.78 is 0. The van der Waals surface area contributed by atoms with Crippen molar-refractivity contribution in [2.45, 2.75) is 92.9 Å². The van der Waals surface area contributed by atoms with E-state index in [2.05, 4.69) is 47.6 Å². The van der Waals surface area contributed by atoms with Crippen LogP contribution in [0, 0.1) is 52.3 Å². The highest BCUT2D eigenvalue weighted by Crippen LogP contribution is 2.67. The summed E-state index contributed by atoms with van der Waals surface area (Å²) >= 11 is 0. The molecule has 25 heavy (non-hydrogen) atoms. The van der Waals surface area contributed by atoms with Crippen molar-refractivity contribution in [3.8, 4) is 0 Å². The van der Waals surface area contributed by atoms with Gasteiger partial charge in [-0.3, -0.25) is 0 Å². The Bertz CT molecular complexity index is 540. The molecule has 0 nitrogen and oxygen atoms in total. The van der Waals surface area contributed by atoms with Crippen LogP contribution in [0.25, 0.3) is 0 Å². The molecule has 4 aliphatic rings. The molecule has 0 aromatic carbocycles. The first-order valence-electron chi connectivity index (χ1n) is 11.5. The van der Waals surface area contributed by atoms with Crippen molar-refractivity contribution in [3.63, 3.8) is 0 Å². The van der Waals surface area contributed by atoms with E-state index in [1.54, 1.807) is 0 Å². The predicted octanol–water partition coefficient (Wildman–Crippen LogP) is 7.49. The van der Waals surface area contributed by atoms with Gasteiger partial charge in [-0.2, -0.15) is 0 Å². The van der Waals surface area contributed by atoms with Crippen molar-refractivity contribution in [2.75, 3.05) is 0 Å². The molecule has 0 N–H and O–H groups in total. The smallest absolute Gasteiger partial charge is 0.00851 e. The molecular weight excluding hydrogens is 300 g/mol. The molecule has 142 valence electrons. The molecular formula is C25H42. The van der Waals surface area contributed by atoms with E-state index >= 15 is 0 Å². The molecule has 0 bridgehead atoms. The van der Waals surface area contributed by atoms with Crippen LogP contribution in [0.3, 0.4) is 0 Å². The molecule has 0 amide bonds. The van der Waals surface area contributed by atoms with E-state index in [0.717, 1.165) is 41.4 Å². The molecule has 7 atom stereocenters. The predicted molar refractivity (Wildman–Crippen MR) is 108 cm³/mol. The van der Waals surface area contributed by atoms with Gasteiger partial charge in [-0.05, 0) is 104 Å². The fourth-order valence-corrected chi connectivity index (χ4v) is 8.39. The summed E-state index contributed by atoms with van der Waals surface area (Å²) in [5.74, 6) is 6.65. The average molecular weight is 343 g/mol. The Morgan fingerprint density at radius 3 is 2.32 bits per heavy atom. The van der Waals surface area contributed by atoms with Crippen LogP contribution in [0.4, 0.5) is 0 Å². The second kappa shape index (κ2) is 6.13. The van der Waals surface area contributed by atoms with Crippen molar-refractivity contribution in [2.24, 2.45) is 52.3 Å². The van der Waals surface area contributed by atoms with Crippen molar-refractivity contribution < 1.29 is 0 Å². The van der Waals surface area contributed by atoms with E-state index in [1.807, 2.05) is 5.57 Å². The van der Waals surface area contributed by atoms with Gasteiger partial charge >= 0.3 is 0 Å². The summed E-state index contributed by atoms with van der Waals surface area (Å²) in [6.45, 7) is 15.2. The number of allylic oxidation sites excluding steroid dienone is 2. The van der Waals surface area contributed by atoms with Crippen molar-refractivity contribution in [3.05, 3.63) is 11.6 Å². The lowest BCUT2D eigenvalue weighted by Gasteiger charge is -2.58. The van der Waals surface area contributed by atoms with Crippen LogP contribution in [0.2, 0.25) is 0 Å². The van der Waals surface area contributed by atoms with Gasteiger partial charge in [0.2, 0.25) is 0 Å². The maximum atomic E-state index is 2.75. The lowest BCUT2D eigenvalue weighted by molar-refractivity contribution is -0.0520. The number of hydrogen-bond acceptors (Lipinski definition) is 0. The highest BCUT2D eigenvalue weighted by atomic mass is 14.6. The second-order valence-electron chi connectivity index (χ2n) is 11.5. The Kier molecular flexibility index (Phi) is 4.45. The van der Waals surface area contributed by atoms with Gasteiger partial charge in [0.25, 0.3) is 0 Å². The molecule has 0 heterocycles. The lowest BCUT2D eigenvalue weighted by atomic mass is 9.46. The molecule has 4 rings (SSSR count). The molecule has 0 radical (unpaired) electrons. The molecule has 3 saturated carbocycles. The molecule has 7 unspecified atom stereocenters. The van der Waals surface area contributed by atoms with E-state index in [0.29, 0.717) is 10.8 Å². The summed E-state index contributed by atoms with van der Waals surface area (Å²) in [6, 6.07) is 0. The van der Waals surface area contributed by atoms with Gasteiger partial charge < -0.3 is 0 Å². The fraction of sp³-hybridized carbons (Fsp3) is 0.920. The maximum absolute atomic E-state index is 2.75. The van der Waals surface area contributed by atoms with Gasteiger partial charge in [0, 0.05) is 0 Å². The summed E-state index contributed by atoms with van der Waals surface area (Å²) in [5.41, 5.74) is 3.07. The van der Waals surface area contributed by atoms with Gasteiger partial charge in [-0.1, -0.05) is 53.2 Å². The van der Waals surface area contributed by atoms with Crippen LogP contribution in [0.5, 0.6) is 0 Å². The van der Waals surface area contributed by atoms with Crippen LogP contribution < -0.4 is 0 Å². The highest BCUT2D eigenvalue weighted by molar-refractivity contribution is 5.25. The third kappa shape index (κ3) is 2.60. The molecule has 0 aliphatic heterocycles. The first-order valence-corrected chi connectivity index (χ1v) is 11.5. The van der Waals surface area contributed by atoms with E-state index in [4.69, 9.17) is 0 Å². The topological polar surface area (TPSA) is 0 Å². The molecule has 0 spiro atoms. The van der Waals surface area contributed by atoms with E-state index in [-0.39, 0.29) is 0 Å². The van der Waals surface area contributed by atoms with Gasteiger partial charge in [0.05, 0.1) is 0 Å². The van der Waals surface area contributed by atoms with Crippen LogP contribution in [-0.2, 0) is 0 Å². The Balaban J connectivity index is 1.61. The molecule has 4 aliphatic carbocycles. The normalized spacial score (nSPS) is 49.6. The van der Waals surface area contributed by atoms with E-state index in [1.165, 1.54) is 51.4 Å². The minimum Gasteiger partial charge on any atom is -0.0845 e. The Morgan fingerprint density at radius 2 is 1.64 bits per heavy atom. The largest absolute Gasteiger partial charge is 0.0845 e. The molecule has 0 aromatic rings. The standard InChI is InChI=1S/C25H42/c1-16(2)18-11-13-24(5)19(15-18)7-8-20-22-10-9-21(17(3)4)25(22,6)14-12-23(20)24/h7,16-18,20-23H,8-15H2,1-6H3. The summed E-state index contributed by atoms with van der Waals surface area (Å²) in [6.07, 6.45) is 14.6. The van der Waals surface area contributed by atoms with Crippen LogP contribution in [0.1, 0.15) is 92.9 Å². The summed E-state index contributed by atoms with van der Waals surface area (Å²) in [4.78, 5) is 0. The van der Waals surface area contributed by atoms with Crippen LogP contribution >= 0.6 is 0 Å². The third-order valence-electron chi connectivity index (χ3n) is 9.96. The maximum Gasteiger partial charge on any atom is -0.00851 e. The Morgan fingerprint density at radius 1 is 0.880 bits per heavy atom. The van der Waals surface area contributed by atoms with Gasteiger partial charge in [-0.25, -0.2) is 0 Å². The Hall–Kier alpha value is -0.260. The van der Waals surface area contributed by atoms with Crippen molar-refractivity contribution >= 4 is 0 Å². The van der Waals surface area contributed by atoms with E-state index < -0.39 is 0 Å². The zero-order chi connectivity index (χ0) is 18.0. The molecule has 0 heteroatoms. The zero-order valence-corrected chi connectivity index (χ0v) is 17.8. The minimum absolute atomic E-state index is 0.547. The quantitative estimate of drug-likeness (QED) is 0.456. The average Bonchev–Trinajstić information content (AvgIpc) is 2.91. The van der Waals surface area contributed by atoms with Crippen LogP contribution in [0.15, 0.2) is 11.6 Å². The SMILES string of the molecule is CC(C)C1CCC2(C)C(=CCC3C2CCC2(C)C(C(C)C)CCC32)C1. The first kappa shape index (κ1) is 18.1. The number of fused-ring (bicyclic) bond motifs is 5. The van der Waals surface area contributed by atoms with E-state index in [9.17, 15) is 0 Å². The third-order valence-corrected chi connectivity index (χ3v) is 9.96. The van der Waals surface area contributed by atoms with Gasteiger partial charge in [-0.15, -0.1) is 0 Å². The van der Waals surface area contributed by atoms with Crippen LogP contribution in [-0.4, -0.2) is 0 Å². The fourth-order valence-electron chi connectivity index (χ4n) is 8.39. The molecule has 3 fully saturated rings. The number of rotatable bonds is 2. The summed E-state index contributed by atoms with van der Waals surface area (Å²) in [7, 11) is 0. The van der Waals surface area contributed by atoms with Crippen molar-refractivity contribution in [1.82, 2.24) is 0 Å².